The molecule has 3 aromatic carbocycles. The minimum absolute atomic E-state index is 0.0546. The van der Waals surface area contributed by atoms with Gasteiger partial charge in [0.2, 0.25) is 11.1 Å². The second-order valence-electron chi connectivity index (χ2n) is 6.95. The van der Waals surface area contributed by atoms with Crippen LogP contribution in [0.1, 0.15) is 0 Å². The molecular formula is C25H16N2O3S. The van der Waals surface area contributed by atoms with Gasteiger partial charge >= 0.3 is 0 Å². The van der Waals surface area contributed by atoms with Gasteiger partial charge in [0.1, 0.15) is 11.1 Å². The zero-order valence-corrected chi connectivity index (χ0v) is 17.1. The van der Waals surface area contributed by atoms with E-state index in [0.29, 0.717) is 17.1 Å². The molecule has 0 unspecified atom stereocenters. The lowest BCUT2D eigenvalue weighted by Crippen LogP contribution is -2.28. The minimum atomic E-state index is -0.508. The first-order valence-corrected chi connectivity index (χ1v) is 10.1. The third-order valence-electron chi connectivity index (χ3n) is 5.02. The standard InChI is InChI=1S/C25H16N2O3S/c28-20-16-21(17-10-4-1-5-11-17)30-24-22(20)23(29)26(18-12-6-2-7-13-18)25(31)27(24)19-14-8-3-9-15-19/h1-16H. The van der Waals surface area contributed by atoms with Crippen molar-refractivity contribution in [1.29, 1.82) is 0 Å². The maximum atomic E-state index is 13.4. The number of hydrogen-bond acceptors (Lipinski definition) is 4. The molecule has 2 heterocycles. The van der Waals surface area contributed by atoms with E-state index in [9.17, 15) is 9.59 Å². The van der Waals surface area contributed by atoms with Gasteiger partial charge in [-0.15, -0.1) is 0 Å². The molecule has 0 aliphatic heterocycles. The highest BCUT2D eigenvalue weighted by atomic mass is 32.1. The number of fused-ring (bicyclic) bond motifs is 1. The van der Waals surface area contributed by atoms with Crippen molar-refractivity contribution in [3.63, 3.8) is 0 Å². The predicted octanol–water partition coefficient (Wildman–Crippen LogP) is 5.13. The summed E-state index contributed by atoms with van der Waals surface area (Å²) in [6, 6.07) is 29.0. The van der Waals surface area contributed by atoms with E-state index < -0.39 is 11.0 Å². The molecule has 150 valence electrons. The lowest BCUT2D eigenvalue weighted by molar-refractivity contribution is 0.586. The summed E-state index contributed by atoms with van der Waals surface area (Å²) >= 11 is 5.74. The zero-order valence-electron chi connectivity index (χ0n) is 16.3. The molecule has 5 nitrogen and oxygen atoms in total. The van der Waals surface area contributed by atoms with Gasteiger partial charge in [-0.3, -0.25) is 18.7 Å². The van der Waals surface area contributed by atoms with Crippen molar-refractivity contribution < 1.29 is 4.42 Å². The van der Waals surface area contributed by atoms with Crippen molar-refractivity contribution in [3.05, 3.63) is 122 Å². The number of nitrogens with zero attached hydrogens (tertiary/aromatic N) is 2. The predicted molar refractivity (Wildman–Crippen MR) is 124 cm³/mol. The molecule has 0 N–H and O–H groups in total. The van der Waals surface area contributed by atoms with Crippen LogP contribution >= 0.6 is 12.2 Å². The second kappa shape index (κ2) is 7.66. The fourth-order valence-corrected chi connectivity index (χ4v) is 3.95. The van der Waals surface area contributed by atoms with Crippen LogP contribution in [-0.4, -0.2) is 9.13 Å². The van der Waals surface area contributed by atoms with Gasteiger partial charge in [-0.1, -0.05) is 66.7 Å². The van der Waals surface area contributed by atoms with Gasteiger partial charge in [-0.2, -0.15) is 0 Å². The van der Waals surface area contributed by atoms with Gasteiger partial charge in [-0.05, 0) is 36.5 Å². The van der Waals surface area contributed by atoms with E-state index in [1.165, 1.54) is 10.6 Å². The Balaban J connectivity index is 1.97. The fraction of sp³-hybridized carbons (Fsp3) is 0. The van der Waals surface area contributed by atoms with E-state index in [2.05, 4.69) is 0 Å². The number of para-hydroxylation sites is 2. The minimum Gasteiger partial charge on any atom is -0.439 e. The molecule has 5 rings (SSSR count). The number of aromatic nitrogens is 2. The van der Waals surface area contributed by atoms with E-state index in [0.717, 1.165) is 5.56 Å². The molecule has 0 atom stereocenters. The SMILES string of the molecule is O=c1cc(-c2ccccc2)oc2c1c(=O)n(-c1ccccc1)c(=S)n2-c1ccccc1. The van der Waals surface area contributed by atoms with Gasteiger partial charge in [0.25, 0.3) is 5.56 Å². The van der Waals surface area contributed by atoms with Crippen LogP contribution in [0.2, 0.25) is 0 Å². The van der Waals surface area contributed by atoms with Gasteiger partial charge in [0.05, 0.1) is 11.4 Å². The topological polar surface area (TPSA) is 57.1 Å². The third kappa shape index (κ3) is 3.23. The van der Waals surface area contributed by atoms with Crippen LogP contribution in [0.25, 0.3) is 33.8 Å². The molecule has 6 heteroatoms. The van der Waals surface area contributed by atoms with E-state index in [1.54, 1.807) is 16.7 Å². The highest BCUT2D eigenvalue weighted by Gasteiger charge is 2.19. The Hall–Kier alpha value is -4.03. The zero-order chi connectivity index (χ0) is 21.4. The van der Waals surface area contributed by atoms with Crippen molar-refractivity contribution in [3.8, 4) is 22.7 Å². The smallest absolute Gasteiger partial charge is 0.274 e. The molecule has 0 aliphatic rings. The Morgan fingerprint density at radius 2 is 1.19 bits per heavy atom. The monoisotopic (exact) mass is 424 g/mol. The molecule has 0 bridgehead atoms. The van der Waals surface area contributed by atoms with Crippen molar-refractivity contribution in [1.82, 2.24) is 9.13 Å². The normalized spacial score (nSPS) is 11.0. The van der Waals surface area contributed by atoms with Gasteiger partial charge in [0, 0.05) is 11.6 Å². The van der Waals surface area contributed by atoms with Crippen molar-refractivity contribution in [2.24, 2.45) is 0 Å². The van der Waals surface area contributed by atoms with E-state index in [-0.39, 0.29) is 15.9 Å². The summed E-state index contributed by atoms with van der Waals surface area (Å²) in [6.45, 7) is 0. The summed E-state index contributed by atoms with van der Waals surface area (Å²) in [4.78, 5) is 26.6. The Morgan fingerprint density at radius 3 is 1.77 bits per heavy atom. The van der Waals surface area contributed by atoms with Crippen LogP contribution < -0.4 is 11.0 Å². The molecule has 0 spiro atoms. The lowest BCUT2D eigenvalue weighted by Gasteiger charge is -2.15. The highest BCUT2D eigenvalue weighted by molar-refractivity contribution is 7.71. The van der Waals surface area contributed by atoms with Gasteiger partial charge in [0.15, 0.2) is 4.77 Å². The highest BCUT2D eigenvalue weighted by Crippen LogP contribution is 2.24. The number of rotatable bonds is 3. The molecule has 0 saturated heterocycles. The van der Waals surface area contributed by atoms with E-state index in [1.807, 2.05) is 78.9 Å². The van der Waals surface area contributed by atoms with Crippen LogP contribution in [0.3, 0.4) is 0 Å². The molecule has 2 aromatic heterocycles. The molecule has 31 heavy (non-hydrogen) atoms. The van der Waals surface area contributed by atoms with Crippen LogP contribution in [0.4, 0.5) is 0 Å². The maximum Gasteiger partial charge on any atom is 0.274 e. The average Bonchev–Trinajstić information content (AvgIpc) is 2.81. The quantitative estimate of drug-likeness (QED) is 0.377. The van der Waals surface area contributed by atoms with E-state index in [4.69, 9.17) is 16.6 Å². The first-order chi connectivity index (χ1) is 15.1. The van der Waals surface area contributed by atoms with Crippen LogP contribution in [0, 0.1) is 4.77 Å². The van der Waals surface area contributed by atoms with Crippen molar-refractivity contribution in [2.45, 2.75) is 0 Å². The van der Waals surface area contributed by atoms with Crippen LogP contribution in [0.5, 0.6) is 0 Å². The first kappa shape index (κ1) is 19.0. The Bertz CT molecular complexity index is 1570. The summed E-state index contributed by atoms with van der Waals surface area (Å²) in [5.74, 6) is 0.369. The molecule has 5 aromatic rings. The molecule has 0 saturated carbocycles. The van der Waals surface area contributed by atoms with Crippen LogP contribution in [-0.2, 0) is 0 Å². The average molecular weight is 424 g/mol. The fourth-order valence-electron chi connectivity index (χ4n) is 3.58. The molecule has 0 radical (unpaired) electrons. The molecule has 0 fully saturated rings. The molecular weight excluding hydrogens is 408 g/mol. The van der Waals surface area contributed by atoms with Crippen molar-refractivity contribution in [2.75, 3.05) is 0 Å². The number of hydrogen-bond donors (Lipinski definition) is 0. The second-order valence-corrected chi connectivity index (χ2v) is 7.32. The summed E-state index contributed by atoms with van der Waals surface area (Å²) in [5.41, 5.74) is 1.20. The maximum absolute atomic E-state index is 13.4. The molecule has 0 amide bonds. The third-order valence-corrected chi connectivity index (χ3v) is 5.38. The van der Waals surface area contributed by atoms with Crippen LogP contribution in [0.15, 0.2) is 111 Å². The summed E-state index contributed by atoms with van der Waals surface area (Å²) in [6.07, 6.45) is 0. The van der Waals surface area contributed by atoms with Gasteiger partial charge < -0.3 is 4.42 Å². The summed E-state index contributed by atoms with van der Waals surface area (Å²) < 4.78 is 9.36. The Labute approximate surface area is 182 Å². The Morgan fingerprint density at radius 1 is 0.677 bits per heavy atom. The summed E-state index contributed by atoms with van der Waals surface area (Å²) in [7, 11) is 0. The van der Waals surface area contributed by atoms with Crippen molar-refractivity contribution >= 4 is 23.3 Å². The van der Waals surface area contributed by atoms with E-state index >= 15 is 0 Å². The first-order valence-electron chi connectivity index (χ1n) is 9.67. The number of benzene rings is 3. The largest absolute Gasteiger partial charge is 0.439 e. The molecule has 0 aliphatic carbocycles. The Kier molecular flexibility index (Phi) is 4.69. The lowest BCUT2D eigenvalue weighted by atomic mass is 10.1. The summed E-state index contributed by atoms with van der Waals surface area (Å²) in [5, 5.41) is -0.0546. The van der Waals surface area contributed by atoms with Gasteiger partial charge in [-0.25, -0.2) is 0 Å².